The van der Waals surface area contributed by atoms with Crippen LogP contribution in [0, 0.1) is 0 Å². The summed E-state index contributed by atoms with van der Waals surface area (Å²) >= 11 is 5.23. The summed E-state index contributed by atoms with van der Waals surface area (Å²) in [5, 5.41) is 2.10. The van der Waals surface area contributed by atoms with Crippen LogP contribution in [0.15, 0.2) is 58.3 Å². The van der Waals surface area contributed by atoms with Crippen molar-refractivity contribution < 1.29 is 4.74 Å². The van der Waals surface area contributed by atoms with Crippen molar-refractivity contribution in [1.29, 1.82) is 0 Å². The van der Waals surface area contributed by atoms with E-state index in [0.717, 1.165) is 31.9 Å². The van der Waals surface area contributed by atoms with Crippen LogP contribution in [-0.2, 0) is 5.75 Å². The largest absolute Gasteiger partial charge is 0.496 e. The average molecular weight is 361 g/mol. The molecule has 1 aromatic heterocycles. The third-order valence-electron chi connectivity index (χ3n) is 3.10. The predicted molar refractivity (Wildman–Crippen MR) is 89.8 cm³/mol. The van der Waals surface area contributed by atoms with E-state index < -0.39 is 0 Å². The van der Waals surface area contributed by atoms with Crippen LogP contribution in [-0.4, -0.2) is 17.1 Å². The molecule has 106 valence electrons. The number of methoxy groups -OCH3 is 1. The normalized spacial score (nSPS) is 10.8. The summed E-state index contributed by atoms with van der Waals surface area (Å²) < 4.78 is 6.21. The summed E-state index contributed by atoms with van der Waals surface area (Å²) in [6.45, 7) is 0. The van der Waals surface area contributed by atoms with Crippen LogP contribution in [0.5, 0.6) is 5.75 Å². The van der Waals surface area contributed by atoms with Gasteiger partial charge in [0.05, 0.1) is 17.1 Å². The molecule has 5 heteroatoms. The number of aromatic nitrogens is 2. The van der Waals surface area contributed by atoms with Crippen molar-refractivity contribution in [2.45, 2.75) is 10.8 Å². The minimum absolute atomic E-state index is 0.844. The zero-order chi connectivity index (χ0) is 14.7. The van der Waals surface area contributed by atoms with Crippen molar-refractivity contribution in [3.63, 3.8) is 0 Å². The van der Waals surface area contributed by atoms with Crippen molar-refractivity contribution in [2.75, 3.05) is 7.11 Å². The Balaban J connectivity index is 1.82. The van der Waals surface area contributed by atoms with E-state index in [0.29, 0.717) is 0 Å². The SMILES string of the molecule is COc1ccc(CSc2ncnc3ccccc23)cc1Br. The fourth-order valence-electron chi connectivity index (χ4n) is 2.05. The average Bonchev–Trinajstić information content (AvgIpc) is 2.53. The zero-order valence-corrected chi connectivity index (χ0v) is 13.8. The molecule has 0 aliphatic carbocycles. The lowest BCUT2D eigenvalue weighted by Gasteiger charge is -2.07. The van der Waals surface area contributed by atoms with Gasteiger partial charge in [0.1, 0.15) is 17.1 Å². The Labute approximate surface area is 135 Å². The van der Waals surface area contributed by atoms with Crippen molar-refractivity contribution in [3.05, 3.63) is 58.8 Å². The molecule has 1 heterocycles. The van der Waals surface area contributed by atoms with Gasteiger partial charge in [0.15, 0.2) is 0 Å². The number of nitrogens with zero attached hydrogens (tertiary/aromatic N) is 2. The monoisotopic (exact) mass is 360 g/mol. The Kier molecular flexibility index (Phi) is 4.41. The van der Waals surface area contributed by atoms with E-state index >= 15 is 0 Å². The number of thioether (sulfide) groups is 1. The summed E-state index contributed by atoms with van der Waals surface area (Å²) in [6, 6.07) is 14.2. The minimum Gasteiger partial charge on any atom is -0.496 e. The van der Waals surface area contributed by atoms with Gasteiger partial charge in [-0.1, -0.05) is 24.3 Å². The van der Waals surface area contributed by atoms with E-state index in [-0.39, 0.29) is 0 Å². The Bertz CT molecular complexity index is 774. The number of ether oxygens (including phenoxy) is 1. The van der Waals surface area contributed by atoms with Gasteiger partial charge < -0.3 is 4.74 Å². The van der Waals surface area contributed by atoms with Crippen molar-refractivity contribution in [1.82, 2.24) is 9.97 Å². The smallest absolute Gasteiger partial charge is 0.133 e. The lowest BCUT2D eigenvalue weighted by Crippen LogP contribution is -1.89. The molecule has 0 saturated carbocycles. The Hall–Kier alpha value is -1.59. The van der Waals surface area contributed by atoms with Crippen LogP contribution < -0.4 is 4.74 Å². The number of rotatable bonds is 4. The minimum atomic E-state index is 0.844. The molecule has 3 nitrogen and oxygen atoms in total. The number of fused-ring (bicyclic) bond motifs is 1. The highest BCUT2D eigenvalue weighted by Gasteiger charge is 2.06. The van der Waals surface area contributed by atoms with E-state index in [2.05, 4.69) is 44.1 Å². The second-order valence-electron chi connectivity index (χ2n) is 4.45. The van der Waals surface area contributed by atoms with Gasteiger partial charge in [0, 0.05) is 11.1 Å². The molecular formula is C16H13BrN2OS. The second kappa shape index (κ2) is 6.45. The van der Waals surface area contributed by atoms with Gasteiger partial charge in [0.2, 0.25) is 0 Å². The van der Waals surface area contributed by atoms with Crippen LogP contribution in [0.1, 0.15) is 5.56 Å². The molecule has 0 unspecified atom stereocenters. The molecule has 0 saturated heterocycles. The Morgan fingerprint density at radius 2 is 2.00 bits per heavy atom. The fourth-order valence-corrected chi connectivity index (χ4v) is 3.57. The van der Waals surface area contributed by atoms with Gasteiger partial charge in [-0.15, -0.1) is 11.8 Å². The lowest BCUT2D eigenvalue weighted by molar-refractivity contribution is 0.412. The molecule has 0 radical (unpaired) electrons. The van der Waals surface area contributed by atoms with Crippen molar-refractivity contribution >= 4 is 38.6 Å². The van der Waals surface area contributed by atoms with Crippen molar-refractivity contribution in [3.8, 4) is 5.75 Å². The van der Waals surface area contributed by atoms with Crippen LogP contribution in [0.4, 0.5) is 0 Å². The van der Waals surface area contributed by atoms with E-state index in [1.165, 1.54) is 5.56 Å². The lowest BCUT2D eigenvalue weighted by atomic mass is 10.2. The molecule has 3 rings (SSSR count). The van der Waals surface area contributed by atoms with Gasteiger partial charge in [-0.05, 0) is 39.7 Å². The first-order valence-corrected chi connectivity index (χ1v) is 8.21. The third-order valence-corrected chi connectivity index (χ3v) is 4.79. The Morgan fingerprint density at radius 3 is 2.81 bits per heavy atom. The number of para-hydroxylation sites is 1. The van der Waals surface area contributed by atoms with Gasteiger partial charge in [-0.3, -0.25) is 0 Å². The molecule has 3 aromatic rings. The van der Waals surface area contributed by atoms with E-state index in [1.807, 2.05) is 24.3 Å². The predicted octanol–water partition coefficient (Wildman–Crippen LogP) is 4.69. The third kappa shape index (κ3) is 3.19. The van der Waals surface area contributed by atoms with Crippen LogP contribution in [0.25, 0.3) is 10.9 Å². The molecule has 0 spiro atoms. The molecular weight excluding hydrogens is 348 g/mol. The summed E-state index contributed by atoms with van der Waals surface area (Å²) in [5.41, 5.74) is 2.20. The summed E-state index contributed by atoms with van der Waals surface area (Å²) in [5.74, 6) is 1.69. The van der Waals surface area contributed by atoms with E-state index in [9.17, 15) is 0 Å². The summed E-state index contributed by atoms with van der Waals surface area (Å²) in [6.07, 6.45) is 1.62. The summed E-state index contributed by atoms with van der Waals surface area (Å²) in [7, 11) is 1.67. The number of hydrogen-bond donors (Lipinski definition) is 0. The summed E-state index contributed by atoms with van der Waals surface area (Å²) in [4.78, 5) is 8.68. The van der Waals surface area contributed by atoms with Crippen LogP contribution in [0.2, 0.25) is 0 Å². The highest BCUT2D eigenvalue weighted by molar-refractivity contribution is 9.10. The maximum atomic E-state index is 5.25. The second-order valence-corrected chi connectivity index (χ2v) is 6.27. The molecule has 0 aliphatic rings. The number of hydrogen-bond acceptors (Lipinski definition) is 4. The maximum absolute atomic E-state index is 5.25. The molecule has 0 bridgehead atoms. The molecule has 0 aliphatic heterocycles. The standard InChI is InChI=1S/C16H13BrN2OS/c1-20-15-7-6-11(8-13(15)17)9-21-16-12-4-2-3-5-14(12)18-10-19-16/h2-8,10H,9H2,1H3. The van der Waals surface area contributed by atoms with Crippen LogP contribution in [0.3, 0.4) is 0 Å². The molecule has 0 N–H and O–H groups in total. The molecule has 0 atom stereocenters. The molecule has 2 aromatic carbocycles. The maximum Gasteiger partial charge on any atom is 0.133 e. The van der Waals surface area contributed by atoms with Crippen LogP contribution >= 0.6 is 27.7 Å². The molecule has 0 amide bonds. The number of halogens is 1. The van der Waals surface area contributed by atoms with Gasteiger partial charge >= 0.3 is 0 Å². The van der Waals surface area contributed by atoms with E-state index in [4.69, 9.17) is 4.74 Å². The van der Waals surface area contributed by atoms with Gasteiger partial charge in [-0.2, -0.15) is 0 Å². The highest BCUT2D eigenvalue weighted by atomic mass is 79.9. The quantitative estimate of drug-likeness (QED) is 0.499. The van der Waals surface area contributed by atoms with E-state index in [1.54, 1.807) is 25.2 Å². The fraction of sp³-hybridized carbons (Fsp3) is 0.125. The van der Waals surface area contributed by atoms with Gasteiger partial charge in [0.25, 0.3) is 0 Å². The zero-order valence-electron chi connectivity index (χ0n) is 11.4. The topological polar surface area (TPSA) is 35.0 Å². The Morgan fingerprint density at radius 1 is 1.14 bits per heavy atom. The molecule has 21 heavy (non-hydrogen) atoms. The first kappa shape index (κ1) is 14.4. The highest BCUT2D eigenvalue weighted by Crippen LogP contribution is 2.30. The molecule has 0 fully saturated rings. The van der Waals surface area contributed by atoms with Crippen molar-refractivity contribution in [2.24, 2.45) is 0 Å². The van der Waals surface area contributed by atoms with Gasteiger partial charge in [-0.25, -0.2) is 9.97 Å². The first-order valence-electron chi connectivity index (χ1n) is 6.43. The number of benzene rings is 2. The first-order chi connectivity index (χ1) is 10.3.